The van der Waals surface area contributed by atoms with Crippen molar-refractivity contribution in [1.29, 1.82) is 0 Å². The number of halogens is 5. The van der Waals surface area contributed by atoms with E-state index in [1.54, 1.807) is 0 Å². The monoisotopic (exact) mass is 321 g/mol. The van der Waals surface area contributed by atoms with Gasteiger partial charge in [0.05, 0.1) is 17.2 Å². The summed E-state index contributed by atoms with van der Waals surface area (Å²) < 4.78 is 70.2. The van der Waals surface area contributed by atoms with Crippen LogP contribution in [0.15, 0.2) is 6.07 Å². The molecule has 1 aliphatic carbocycles. The van der Waals surface area contributed by atoms with Crippen molar-refractivity contribution in [3.63, 3.8) is 0 Å². The molecule has 7 heteroatoms. The van der Waals surface area contributed by atoms with Gasteiger partial charge >= 0.3 is 0 Å². The molecule has 0 radical (unpaired) electrons. The smallest absolute Gasteiger partial charge is 0.285 e. The van der Waals surface area contributed by atoms with Crippen molar-refractivity contribution in [2.75, 3.05) is 19.0 Å². The topological polar surface area (TPSA) is 20.3 Å². The van der Waals surface area contributed by atoms with Crippen LogP contribution in [0.3, 0.4) is 0 Å². The molecule has 0 aromatic heterocycles. The first kappa shape index (κ1) is 16.7. The van der Waals surface area contributed by atoms with Crippen LogP contribution in [0.1, 0.15) is 31.2 Å². The second kappa shape index (κ2) is 5.85. The second-order valence-electron chi connectivity index (χ2n) is 5.67. The molecule has 1 aliphatic rings. The van der Waals surface area contributed by atoms with Crippen molar-refractivity contribution in [2.45, 2.75) is 31.6 Å². The molecule has 0 spiro atoms. The van der Waals surface area contributed by atoms with Crippen molar-refractivity contribution in [3.05, 3.63) is 29.1 Å². The summed E-state index contributed by atoms with van der Waals surface area (Å²) in [4.78, 5) is 12.8. The number of hydrogen-bond acceptors (Lipinski definition) is 2. The molecule has 0 aliphatic heterocycles. The minimum absolute atomic E-state index is 0.00785. The fraction of sp³-hybridized carbons (Fsp3) is 0.533. The summed E-state index contributed by atoms with van der Waals surface area (Å²) in [5, 5.41) is 0. The molecule has 0 heterocycles. The highest BCUT2D eigenvalue weighted by Crippen LogP contribution is 2.44. The molecule has 1 aromatic rings. The van der Waals surface area contributed by atoms with Crippen molar-refractivity contribution < 1.29 is 26.7 Å². The summed E-state index contributed by atoms with van der Waals surface area (Å²) in [6, 6.07) is 0.579. The van der Waals surface area contributed by atoms with E-state index in [4.69, 9.17) is 0 Å². The molecule has 1 atom stereocenters. The molecule has 0 bridgehead atoms. The lowest BCUT2D eigenvalue weighted by molar-refractivity contribution is -0.143. The molecule has 1 fully saturated rings. The van der Waals surface area contributed by atoms with Gasteiger partial charge in [0.15, 0.2) is 17.5 Å². The summed E-state index contributed by atoms with van der Waals surface area (Å²) in [5.41, 5.74) is -1.76. The van der Waals surface area contributed by atoms with Crippen LogP contribution >= 0.6 is 0 Å². The molecular formula is C15H16F5NO. The zero-order valence-electron chi connectivity index (χ0n) is 12.2. The van der Waals surface area contributed by atoms with Crippen LogP contribution in [0, 0.1) is 23.4 Å². The summed E-state index contributed by atoms with van der Waals surface area (Å²) in [6.07, 6.45) is 0.820. The van der Waals surface area contributed by atoms with Crippen LogP contribution in [0.4, 0.5) is 27.6 Å². The fourth-order valence-corrected chi connectivity index (χ4v) is 2.71. The van der Waals surface area contributed by atoms with Gasteiger partial charge in [0.2, 0.25) is 0 Å². The number of rotatable bonds is 3. The first-order chi connectivity index (χ1) is 10.2. The Morgan fingerprint density at radius 2 is 1.73 bits per heavy atom. The van der Waals surface area contributed by atoms with Crippen LogP contribution in [0.25, 0.3) is 0 Å². The third kappa shape index (κ3) is 2.68. The van der Waals surface area contributed by atoms with Gasteiger partial charge in [0, 0.05) is 20.5 Å². The predicted molar refractivity (Wildman–Crippen MR) is 71.5 cm³/mol. The Bertz CT molecular complexity index is 600. The summed E-state index contributed by atoms with van der Waals surface area (Å²) in [7, 11) is 2.65. The maximum atomic E-state index is 14.5. The Balaban J connectivity index is 2.57. The van der Waals surface area contributed by atoms with E-state index < -0.39 is 46.3 Å². The lowest BCUT2D eigenvalue weighted by atomic mass is 9.80. The van der Waals surface area contributed by atoms with Crippen molar-refractivity contribution in [2.24, 2.45) is 5.92 Å². The number of anilines is 1. The van der Waals surface area contributed by atoms with E-state index >= 15 is 0 Å². The lowest BCUT2D eigenvalue weighted by Gasteiger charge is -2.30. The quantitative estimate of drug-likeness (QED) is 0.619. The maximum absolute atomic E-state index is 14.5. The molecule has 1 saturated carbocycles. The Kier molecular flexibility index (Phi) is 4.44. The van der Waals surface area contributed by atoms with Crippen LogP contribution in [0.2, 0.25) is 0 Å². The average Bonchev–Trinajstić information content (AvgIpc) is 2.44. The third-order valence-corrected chi connectivity index (χ3v) is 3.96. The molecule has 0 amide bonds. The van der Waals surface area contributed by atoms with Gasteiger partial charge in [-0.25, -0.2) is 22.0 Å². The van der Waals surface area contributed by atoms with Crippen LogP contribution in [-0.4, -0.2) is 19.9 Å². The van der Waals surface area contributed by atoms with Gasteiger partial charge in [0.1, 0.15) is 5.78 Å². The lowest BCUT2D eigenvalue weighted by Crippen LogP contribution is -2.36. The minimum Gasteiger partial charge on any atom is -0.375 e. The highest BCUT2D eigenvalue weighted by atomic mass is 19.3. The number of carbonyl (C=O) groups excluding carboxylic acids is 1. The molecule has 0 N–H and O–H groups in total. The van der Waals surface area contributed by atoms with Gasteiger partial charge in [-0.15, -0.1) is 0 Å². The number of benzene rings is 1. The van der Waals surface area contributed by atoms with E-state index in [1.165, 1.54) is 14.1 Å². The number of ketones is 1. The number of nitrogens with zero attached hydrogens (tertiary/aromatic N) is 1. The van der Waals surface area contributed by atoms with Crippen molar-refractivity contribution in [1.82, 2.24) is 0 Å². The van der Waals surface area contributed by atoms with E-state index in [0.29, 0.717) is 18.9 Å². The van der Waals surface area contributed by atoms with Gasteiger partial charge in [-0.3, -0.25) is 4.79 Å². The van der Waals surface area contributed by atoms with E-state index in [1.807, 2.05) is 0 Å². The van der Waals surface area contributed by atoms with Crippen molar-refractivity contribution >= 4 is 11.5 Å². The van der Waals surface area contributed by atoms with E-state index in [-0.39, 0.29) is 12.8 Å². The largest absolute Gasteiger partial charge is 0.375 e. The molecule has 0 saturated heterocycles. The Hall–Kier alpha value is -1.66. The Labute approximate surface area is 124 Å². The van der Waals surface area contributed by atoms with Crippen molar-refractivity contribution in [3.8, 4) is 0 Å². The number of carbonyl (C=O) groups is 1. The molecular weight excluding hydrogens is 305 g/mol. The first-order valence-electron chi connectivity index (χ1n) is 6.93. The normalized spacial score (nSPS) is 19.4. The number of hydrogen-bond donors (Lipinski definition) is 0. The molecule has 1 aromatic carbocycles. The van der Waals surface area contributed by atoms with Gasteiger partial charge in [0.25, 0.3) is 5.92 Å². The van der Waals surface area contributed by atoms with Gasteiger partial charge in [-0.05, 0) is 18.9 Å². The summed E-state index contributed by atoms with van der Waals surface area (Å²) in [6.45, 7) is 0. The van der Waals surface area contributed by atoms with Gasteiger partial charge in [-0.2, -0.15) is 0 Å². The zero-order chi connectivity index (χ0) is 16.7. The zero-order valence-corrected chi connectivity index (χ0v) is 12.2. The van der Waals surface area contributed by atoms with E-state index in [9.17, 15) is 26.7 Å². The highest BCUT2D eigenvalue weighted by molar-refractivity contribution is 5.83. The van der Waals surface area contributed by atoms with E-state index in [0.717, 1.165) is 4.90 Å². The van der Waals surface area contributed by atoms with Crippen LogP contribution < -0.4 is 4.90 Å². The van der Waals surface area contributed by atoms with Crippen LogP contribution in [0.5, 0.6) is 0 Å². The SMILES string of the molecule is CN(C)c1cc(C(F)(F)C2CCCCC2=O)c(F)c(F)c1F. The first-order valence-corrected chi connectivity index (χ1v) is 6.93. The molecule has 122 valence electrons. The summed E-state index contributed by atoms with van der Waals surface area (Å²) >= 11 is 0. The maximum Gasteiger partial charge on any atom is 0.285 e. The van der Waals surface area contributed by atoms with Crippen LogP contribution in [-0.2, 0) is 10.7 Å². The highest BCUT2D eigenvalue weighted by Gasteiger charge is 2.48. The molecule has 22 heavy (non-hydrogen) atoms. The van der Waals surface area contributed by atoms with E-state index in [2.05, 4.69) is 0 Å². The Morgan fingerprint density at radius 3 is 2.27 bits per heavy atom. The predicted octanol–water partition coefficient (Wildman–Crippen LogP) is 4.02. The molecule has 1 unspecified atom stereocenters. The van der Waals surface area contributed by atoms with Gasteiger partial charge < -0.3 is 4.90 Å². The minimum atomic E-state index is -3.87. The standard InChI is InChI=1S/C15H16F5NO/c1-21(2)10-7-9(12(16)14(18)13(10)17)15(19,20)8-5-3-4-6-11(8)22/h7-8H,3-6H2,1-2H3. The fourth-order valence-electron chi connectivity index (χ4n) is 2.71. The number of alkyl halides is 2. The summed E-state index contributed by atoms with van der Waals surface area (Å²) in [5.74, 6) is -11.7. The average molecular weight is 321 g/mol. The van der Waals surface area contributed by atoms with Gasteiger partial charge in [-0.1, -0.05) is 6.42 Å². The third-order valence-electron chi connectivity index (χ3n) is 3.96. The molecule has 2 rings (SSSR count). The molecule has 2 nitrogen and oxygen atoms in total. The second-order valence-corrected chi connectivity index (χ2v) is 5.67. The number of Topliss-reactive ketones (excluding diaryl/α,β-unsaturated/α-hetero) is 1. The Morgan fingerprint density at radius 1 is 1.09 bits per heavy atom.